The van der Waals surface area contributed by atoms with E-state index in [0.29, 0.717) is 5.56 Å². The van der Waals surface area contributed by atoms with E-state index in [1.165, 1.54) is 18.2 Å². The molecule has 1 fully saturated rings. The van der Waals surface area contributed by atoms with Crippen molar-refractivity contribution in [1.82, 2.24) is 0 Å². The van der Waals surface area contributed by atoms with E-state index in [2.05, 4.69) is 0 Å². The Morgan fingerprint density at radius 1 is 1.23 bits per heavy atom. The van der Waals surface area contributed by atoms with Crippen LogP contribution in [0.15, 0.2) is 30.0 Å². The molecule has 0 spiro atoms. The summed E-state index contributed by atoms with van der Waals surface area (Å²) >= 11 is 0. The van der Waals surface area contributed by atoms with Crippen LogP contribution in [0.4, 0.5) is 10.1 Å². The molecule has 1 saturated heterocycles. The lowest BCUT2D eigenvalue weighted by Crippen LogP contribution is -2.41. The second-order valence-corrected chi connectivity index (χ2v) is 6.37. The first kappa shape index (κ1) is 16.6. The summed E-state index contributed by atoms with van der Waals surface area (Å²) in [6.45, 7) is 8.90. The van der Waals surface area contributed by atoms with Gasteiger partial charge in [-0.15, -0.1) is 0 Å². The van der Waals surface area contributed by atoms with Gasteiger partial charge in [0.2, 0.25) is 0 Å². The number of halogens is 1. The van der Waals surface area contributed by atoms with Crippen molar-refractivity contribution in [2.75, 3.05) is 0 Å². The highest BCUT2D eigenvalue weighted by molar-refractivity contribution is 6.55. The number of allylic oxidation sites excluding steroid dienone is 1. The van der Waals surface area contributed by atoms with Crippen LogP contribution < -0.4 is 0 Å². The normalized spacial score (nSPS) is 20.7. The van der Waals surface area contributed by atoms with Gasteiger partial charge in [0.1, 0.15) is 5.73 Å². The maximum absolute atomic E-state index is 14.7. The maximum atomic E-state index is 14.7. The van der Waals surface area contributed by atoms with Crippen LogP contribution >= 0.6 is 0 Å². The fourth-order valence-electron chi connectivity index (χ4n) is 2.11. The van der Waals surface area contributed by atoms with E-state index in [-0.39, 0.29) is 11.3 Å². The molecule has 0 aliphatic carbocycles. The van der Waals surface area contributed by atoms with Gasteiger partial charge in [-0.3, -0.25) is 10.1 Å². The molecule has 0 N–H and O–H groups in total. The Morgan fingerprint density at radius 3 is 2.27 bits per heavy atom. The Labute approximate surface area is 129 Å². The highest BCUT2D eigenvalue weighted by Gasteiger charge is 2.53. The summed E-state index contributed by atoms with van der Waals surface area (Å²) < 4.78 is 26.0. The monoisotopic (exact) mass is 307 g/mol. The van der Waals surface area contributed by atoms with Gasteiger partial charge in [0, 0.05) is 12.1 Å². The highest BCUT2D eigenvalue weighted by Crippen LogP contribution is 2.40. The SMILES string of the molecule is CC(=C(F)B1OC(C)(C)C(C)(C)O1)c1cccc([N+](=O)[O-])c1. The van der Waals surface area contributed by atoms with Crippen molar-refractivity contribution in [1.29, 1.82) is 0 Å². The highest BCUT2D eigenvalue weighted by atomic mass is 19.1. The molecule has 7 heteroatoms. The van der Waals surface area contributed by atoms with Gasteiger partial charge in [0.25, 0.3) is 5.69 Å². The first-order valence-electron chi connectivity index (χ1n) is 7.02. The van der Waals surface area contributed by atoms with Crippen molar-refractivity contribution >= 4 is 18.4 Å². The molecule has 1 aliphatic rings. The van der Waals surface area contributed by atoms with Crippen LogP contribution in [0.2, 0.25) is 0 Å². The largest absolute Gasteiger partial charge is 0.525 e. The van der Waals surface area contributed by atoms with Crippen molar-refractivity contribution < 1.29 is 18.6 Å². The van der Waals surface area contributed by atoms with Crippen molar-refractivity contribution in [2.45, 2.75) is 45.8 Å². The predicted octanol–water partition coefficient (Wildman–Crippen LogP) is 3.93. The minimum Gasteiger partial charge on any atom is -0.398 e. The van der Waals surface area contributed by atoms with Crippen molar-refractivity contribution in [3.63, 3.8) is 0 Å². The number of nitro groups is 1. The molecular weight excluding hydrogens is 288 g/mol. The Kier molecular flexibility index (Phi) is 4.15. The molecule has 1 heterocycles. The number of non-ortho nitro benzene ring substituents is 1. The van der Waals surface area contributed by atoms with Gasteiger partial charge >= 0.3 is 7.12 Å². The van der Waals surface area contributed by atoms with E-state index in [1.54, 1.807) is 13.0 Å². The number of benzene rings is 1. The van der Waals surface area contributed by atoms with Crippen LogP contribution in [0.25, 0.3) is 5.57 Å². The van der Waals surface area contributed by atoms with Crippen molar-refractivity contribution in [2.24, 2.45) is 0 Å². The molecule has 0 bridgehead atoms. The molecule has 1 aromatic carbocycles. The van der Waals surface area contributed by atoms with Gasteiger partial charge in [-0.25, -0.2) is 4.39 Å². The number of hydrogen-bond acceptors (Lipinski definition) is 4. The topological polar surface area (TPSA) is 61.6 Å². The molecule has 2 rings (SSSR count). The van der Waals surface area contributed by atoms with Crippen LogP contribution in [0.1, 0.15) is 40.2 Å². The lowest BCUT2D eigenvalue weighted by atomic mass is 9.83. The fourth-order valence-corrected chi connectivity index (χ4v) is 2.11. The molecule has 0 saturated carbocycles. The third-order valence-electron chi connectivity index (χ3n) is 4.31. The Hall–Kier alpha value is -1.73. The van der Waals surface area contributed by atoms with E-state index >= 15 is 0 Å². The first-order chi connectivity index (χ1) is 10.0. The van der Waals surface area contributed by atoms with Crippen LogP contribution in [0, 0.1) is 10.1 Å². The minimum absolute atomic E-state index is 0.0847. The smallest absolute Gasteiger partial charge is 0.398 e. The number of hydrogen-bond donors (Lipinski definition) is 0. The van der Waals surface area contributed by atoms with Crippen LogP contribution in [0.5, 0.6) is 0 Å². The van der Waals surface area contributed by atoms with E-state index in [0.717, 1.165) is 0 Å². The van der Waals surface area contributed by atoms with Gasteiger partial charge in [0.15, 0.2) is 0 Å². The van der Waals surface area contributed by atoms with Crippen molar-refractivity contribution in [3.8, 4) is 0 Å². The van der Waals surface area contributed by atoms with Gasteiger partial charge in [-0.05, 0) is 45.8 Å². The molecule has 22 heavy (non-hydrogen) atoms. The van der Waals surface area contributed by atoms with Gasteiger partial charge in [-0.1, -0.05) is 12.1 Å². The lowest BCUT2D eigenvalue weighted by molar-refractivity contribution is -0.384. The molecular formula is C15H19BFNO4. The van der Waals surface area contributed by atoms with E-state index in [9.17, 15) is 14.5 Å². The summed E-state index contributed by atoms with van der Waals surface area (Å²) in [7, 11) is -1.11. The van der Waals surface area contributed by atoms with E-state index in [4.69, 9.17) is 9.31 Å². The van der Waals surface area contributed by atoms with E-state index < -0.39 is 29.0 Å². The predicted molar refractivity (Wildman–Crippen MR) is 82.9 cm³/mol. The Morgan fingerprint density at radius 2 is 1.77 bits per heavy atom. The van der Waals surface area contributed by atoms with Crippen LogP contribution in [-0.2, 0) is 9.31 Å². The first-order valence-corrected chi connectivity index (χ1v) is 7.02. The fraction of sp³-hybridized carbons (Fsp3) is 0.467. The minimum atomic E-state index is -1.11. The average molecular weight is 307 g/mol. The van der Waals surface area contributed by atoms with Gasteiger partial charge in [-0.2, -0.15) is 0 Å². The quantitative estimate of drug-likeness (QED) is 0.482. The van der Waals surface area contributed by atoms with Crippen LogP contribution in [-0.4, -0.2) is 23.2 Å². The Balaban J connectivity index is 2.35. The molecule has 1 aromatic rings. The average Bonchev–Trinajstić information content (AvgIpc) is 2.66. The molecule has 0 unspecified atom stereocenters. The third-order valence-corrected chi connectivity index (χ3v) is 4.31. The zero-order valence-corrected chi connectivity index (χ0v) is 13.3. The number of rotatable bonds is 3. The number of nitro benzene ring substituents is 1. The lowest BCUT2D eigenvalue weighted by Gasteiger charge is -2.32. The number of nitrogens with zero attached hydrogens (tertiary/aromatic N) is 1. The zero-order valence-electron chi connectivity index (χ0n) is 13.3. The van der Waals surface area contributed by atoms with Crippen molar-refractivity contribution in [3.05, 3.63) is 45.7 Å². The Bertz CT molecular complexity index is 626. The van der Waals surface area contributed by atoms with Crippen LogP contribution in [0.3, 0.4) is 0 Å². The molecule has 0 atom stereocenters. The summed E-state index contributed by atoms with van der Waals surface area (Å²) in [5.41, 5.74) is -1.24. The second kappa shape index (κ2) is 5.48. The summed E-state index contributed by atoms with van der Waals surface area (Å²) in [6, 6.07) is 5.84. The molecule has 0 aromatic heterocycles. The summed E-state index contributed by atoms with van der Waals surface area (Å²) in [6.07, 6.45) is 0. The summed E-state index contributed by atoms with van der Waals surface area (Å²) in [5, 5.41) is 10.8. The van der Waals surface area contributed by atoms with Gasteiger partial charge in [0.05, 0.1) is 16.1 Å². The summed E-state index contributed by atoms with van der Waals surface area (Å²) in [5.74, 6) is 0. The zero-order chi connectivity index (χ0) is 16.7. The maximum Gasteiger partial charge on any atom is 0.525 e. The molecule has 0 radical (unpaired) electrons. The van der Waals surface area contributed by atoms with Gasteiger partial charge < -0.3 is 9.31 Å². The molecule has 1 aliphatic heterocycles. The molecule has 0 amide bonds. The third kappa shape index (κ3) is 2.91. The van der Waals surface area contributed by atoms with E-state index in [1.807, 2.05) is 27.7 Å². The summed E-state index contributed by atoms with van der Waals surface area (Å²) in [4.78, 5) is 10.3. The molecule has 118 valence electrons. The second-order valence-electron chi connectivity index (χ2n) is 6.37. The molecule has 5 nitrogen and oxygen atoms in total. The standard InChI is InChI=1S/C15H19BFNO4/c1-10(11-7-6-8-12(9-11)18(19)20)13(17)16-21-14(2,3)15(4,5)22-16/h6-9H,1-5H3.